The van der Waals surface area contributed by atoms with Crippen LogP contribution in [0.5, 0.6) is 0 Å². The van der Waals surface area contributed by atoms with Gasteiger partial charge in [-0.05, 0) is 19.1 Å². The topological polar surface area (TPSA) is 48.1 Å². The van der Waals surface area contributed by atoms with Gasteiger partial charge in [-0.25, -0.2) is 10.1 Å². The monoisotopic (exact) mass is 176 g/mol. The Hall–Kier alpha value is -1.84. The molecule has 4 heteroatoms. The van der Waals surface area contributed by atoms with Crippen molar-refractivity contribution in [3.05, 3.63) is 46.1 Å². The van der Waals surface area contributed by atoms with Crippen LogP contribution < -0.4 is 0 Å². The van der Waals surface area contributed by atoms with Gasteiger partial charge in [0.25, 0.3) is 0 Å². The number of nitro groups is 1. The quantitative estimate of drug-likeness (QED) is 0.492. The molecule has 0 aliphatic heterocycles. The maximum Gasteiger partial charge on any atom is 0.169 e. The zero-order valence-corrected chi connectivity index (χ0v) is 7.10. The van der Waals surface area contributed by atoms with Gasteiger partial charge in [0.05, 0.1) is 5.69 Å². The molecule has 2 rings (SSSR count). The summed E-state index contributed by atoms with van der Waals surface area (Å²) in [6.07, 6.45) is 0. The highest BCUT2D eigenvalue weighted by molar-refractivity contribution is 5.80. The van der Waals surface area contributed by atoms with Crippen molar-refractivity contribution in [1.29, 1.82) is 0 Å². The summed E-state index contributed by atoms with van der Waals surface area (Å²) in [5.41, 5.74) is 1.29. The molecule has 1 heterocycles. The molecule has 0 saturated heterocycles. The Kier molecular flexibility index (Phi) is 1.55. The van der Waals surface area contributed by atoms with Gasteiger partial charge in [-0.3, -0.25) is 0 Å². The van der Waals surface area contributed by atoms with Gasteiger partial charge in [0, 0.05) is 5.39 Å². The fraction of sp³-hybridized carbons (Fsp3) is 0.111. The number of benzene rings is 1. The predicted molar refractivity (Wildman–Crippen MR) is 49.1 cm³/mol. The Morgan fingerprint density at radius 3 is 2.77 bits per heavy atom. The average molecular weight is 176 g/mol. The lowest BCUT2D eigenvalue weighted by atomic mass is 10.2. The third-order valence-electron chi connectivity index (χ3n) is 2.03. The van der Waals surface area contributed by atoms with Crippen molar-refractivity contribution >= 4 is 10.9 Å². The minimum Gasteiger partial charge on any atom is -0.234 e. The molecule has 0 radical (unpaired) electrons. The van der Waals surface area contributed by atoms with Crippen molar-refractivity contribution in [2.45, 2.75) is 6.92 Å². The van der Waals surface area contributed by atoms with Gasteiger partial charge in [-0.15, -0.1) is 0 Å². The Balaban J connectivity index is 2.86. The second-order valence-corrected chi connectivity index (χ2v) is 2.89. The van der Waals surface area contributed by atoms with E-state index >= 15 is 0 Å². The zero-order chi connectivity index (χ0) is 9.42. The van der Waals surface area contributed by atoms with E-state index in [1.807, 2.05) is 12.1 Å². The first-order valence-corrected chi connectivity index (χ1v) is 3.92. The van der Waals surface area contributed by atoms with E-state index < -0.39 is 5.03 Å². The summed E-state index contributed by atoms with van der Waals surface area (Å²) in [6, 6.07) is 9.07. The van der Waals surface area contributed by atoms with E-state index in [2.05, 4.69) is 0 Å². The van der Waals surface area contributed by atoms with Crippen molar-refractivity contribution < 1.29 is 5.03 Å². The molecular weight excluding hydrogens is 168 g/mol. The molecule has 0 aliphatic rings. The first-order valence-electron chi connectivity index (χ1n) is 3.92. The second kappa shape index (κ2) is 2.58. The number of fused-ring (bicyclic) bond motifs is 1. The molecule has 4 nitrogen and oxygen atoms in total. The number of para-hydroxylation sites is 1. The number of aryl methyl sites for hydroxylation is 1. The first-order chi connectivity index (χ1) is 6.20. The molecule has 1 aromatic carbocycles. The number of rotatable bonds is 1. The standard InChI is InChI=1S/C9H8N2O2/c1-7-6-8-4-2-3-5-9(8)10(7)11(12)13/h2-6H,1H3. The molecule has 0 unspecified atom stereocenters. The van der Waals surface area contributed by atoms with E-state index in [9.17, 15) is 10.1 Å². The molecule has 1 aromatic heterocycles. The van der Waals surface area contributed by atoms with E-state index in [0.29, 0.717) is 11.2 Å². The van der Waals surface area contributed by atoms with Crippen LogP contribution in [0.2, 0.25) is 0 Å². The molecule has 0 spiro atoms. The van der Waals surface area contributed by atoms with Crippen LogP contribution in [0.3, 0.4) is 0 Å². The highest BCUT2D eigenvalue weighted by atomic mass is 16.7. The largest absolute Gasteiger partial charge is 0.234 e. The predicted octanol–water partition coefficient (Wildman–Crippen LogP) is 1.99. The van der Waals surface area contributed by atoms with Crippen LogP contribution >= 0.6 is 0 Å². The van der Waals surface area contributed by atoms with Gasteiger partial charge in [0.1, 0.15) is 5.52 Å². The van der Waals surface area contributed by atoms with Crippen molar-refractivity contribution in [2.24, 2.45) is 0 Å². The Labute approximate surface area is 74.5 Å². The molecular formula is C9H8N2O2. The summed E-state index contributed by atoms with van der Waals surface area (Å²) in [5, 5.41) is 11.2. The smallest absolute Gasteiger partial charge is 0.169 e. The minimum absolute atomic E-state index is 0.405. The average Bonchev–Trinajstić information content (AvgIpc) is 2.39. The maximum atomic E-state index is 10.7. The van der Waals surface area contributed by atoms with Gasteiger partial charge in [-0.2, -0.15) is 0 Å². The summed E-state index contributed by atoms with van der Waals surface area (Å²) in [5.74, 6) is 0. The Bertz CT molecular complexity index is 473. The van der Waals surface area contributed by atoms with Gasteiger partial charge in [0.2, 0.25) is 0 Å². The normalized spacial score (nSPS) is 10.5. The third kappa shape index (κ3) is 1.07. The second-order valence-electron chi connectivity index (χ2n) is 2.89. The molecule has 0 aliphatic carbocycles. The van der Waals surface area contributed by atoms with Crippen LogP contribution in [0.1, 0.15) is 5.69 Å². The summed E-state index contributed by atoms with van der Waals surface area (Å²) in [6.45, 7) is 1.72. The van der Waals surface area contributed by atoms with Gasteiger partial charge < -0.3 is 0 Å². The van der Waals surface area contributed by atoms with Crippen LogP contribution in [-0.2, 0) is 0 Å². The van der Waals surface area contributed by atoms with Crippen molar-refractivity contribution in [2.75, 3.05) is 0 Å². The molecule has 0 fully saturated rings. The molecule has 0 saturated carbocycles. The van der Waals surface area contributed by atoms with Gasteiger partial charge in [-0.1, -0.05) is 22.9 Å². The molecule has 13 heavy (non-hydrogen) atoms. The molecule has 0 N–H and O–H groups in total. The van der Waals surface area contributed by atoms with Crippen LogP contribution in [0.4, 0.5) is 0 Å². The molecule has 66 valence electrons. The zero-order valence-electron chi connectivity index (χ0n) is 7.10. The molecule has 2 aromatic rings. The van der Waals surface area contributed by atoms with Crippen molar-refractivity contribution in [3.8, 4) is 0 Å². The summed E-state index contributed by atoms with van der Waals surface area (Å²) in [7, 11) is 0. The van der Waals surface area contributed by atoms with Gasteiger partial charge >= 0.3 is 0 Å². The lowest BCUT2D eigenvalue weighted by Crippen LogP contribution is -2.09. The van der Waals surface area contributed by atoms with Crippen LogP contribution in [0.25, 0.3) is 10.9 Å². The Morgan fingerprint density at radius 2 is 2.08 bits per heavy atom. The van der Waals surface area contributed by atoms with Crippen LogP contribution in [0, 0.1) is 17.0 Å². The highest BCUT2D eigenvalue weighted by Gasteiger charge is 2.11. The summed E-state index contributed by atoms with van der Waals surface area (Å²) >= 11 is 0. The first kappa shape index (κ1) is 7.79. The molecule has 0 amide bonds. The van der Waals surface area contributed by atoms with E-state index in [-0.39, 0.29) is 0 Å². The van der Waals surface area contributed by atoms with E-state index in [4.69, 9.17) is 0 Å². The number of hydrogen-bond acceptors (Lipinski definition) is 2. The Morgan fingerprint density at radius 1 is 1.38 bits per heavy atom. The number of aromatic nitrogens is 1. The lowest BCUT2D eigenvalue weighted by Gasteiger charge is -1.94. The molecule has 0 bridgehead atoms. The number of hydrogen-bond donors (Lipinski definition) is 0. The summed E-state index contributed by atoms with van der Waals surface area (Å²) in [4.78, 5) is 10.7. The van der Waals surface area contributed by atoms with Crippen LogP contribution in [-0.4, -0.2) is 9.71 Å². The minimum atomic E-state index is -0.405. The fourth-order valence-corrected chi connectivity index (χ4v) is 1.50. The molecule has 0 atom stereocenters. The van der Waals surface area contributed by atoms with Crippen molar-refractivity contribution in [1.82, 2.24) is 4.68 Å². The van der Waals surface area contributed by atoms with Crippen molar-refractivity contribution in [3.63, 3.8) is 0 Å². The van der Waals surface area contributed by atoms with Crippen LogP contribution in [0.15, 0.2) is 30.3 Å². The summed E-state index contributed by atoms with van der Waals surface area (Å²) < 4.78 is 1.09. The van der Waals surface area contributed by atoms with Gasteiger partial charge in [0.15, 0.2) is 5.03 Å². The SMILES string of the molecule is Cc1cc2ccccc2n1[N+](=O)[O-]. The third-order valence-corrected chi connectivity index (χ3v) is 2.03. The fourth-order valence-electron chi connectivity index (χ4n) is 1.50. The van der Waals surface area contributed by atoms with E-state index in [0.717, 1.165) is 10.1 Å². The van der Waals surface area contributed by atoms with E-state index in [1.165, 1.54) is 0 Å². The highest BCUT2D eigenvalue weighted by Crippen LogP contribution is 2.18. The number of nitrogens with zero attached hydrogens (tertiary/aromatic N) is 2. The maximum absolute atomic E-state index is 10.7. The van der Waals surface area contributed by atoms with E-state index in [1.54, 1.807) is 25.1 Å². The lowest BCUT2D eigenvalue weighted by molar-refractivity contribution is -0.538.